The molecule has 8 nitrogen and oxygen atoms in total. The zero-order chi connectivity index (χ0) is 22.7. The zero-order valence-corrected chi connectivity index (χ0v) is 18.6. The molecule has 2 bridgehead atoms. The molecule has 5 heterocycles. The monoisotopic (exact) mass is 482 g/mol. The molecule has 0 saturated carbocycles. The van der Waals surface area contributed by atoms with Gasteiger partial charge in [-0.3, -0.25) is 9.78 Å². The number of aromatic amines is 1. The van der Waals surface area contributed by atoms with Crippen LogP contribution in [0.4, 0.5) is 14.9 Å². The first-order valence-corrected chi connectivity index (χ1v) is 11.6. The summed E-state index contributed by atoms with van der Waals surface area (Å²) in [5, 5.41) is 11.4. The van der Waals surface area contributed by atoms with Crippen molar-refractivity contribution in [1.82, 2.24) is 24.5 Å². The number of hydrogen-bond acceptors (Lipinski definition) is 6. The smallest absolute Gasteiger partial charge is 0.313 e. The van der Waals surface area contributed by atoms with E-state index in [1.165, 1.54) is 23.7 Å². The normalized spacial score (nSPS) is 19.0. The molecule has 0 aliphatic carbocycles. The Labute approximate surface area is 195 Å². The summed E-state index contributed by atoms with van der Waals surface area (Å²) in [6.07, 6.45) is 3.69. The predicted octanol–water partition coefficient (Wildman–Crippen LogP) is 4.53. The first kappa shape index (κ1) is 20.3. The van der Waals surface area contributed by atoms with E-state index < -0.39 is 11.8 Å². The highest BCUT2D eigenvalue weighted by atomic mass is 35.5. The van der Waals surface area contributed by atoms with E-state index >= 15 is 4.39 Å². The number of halogens is 2. The lowest BCUT2D eigenvalue weighted by Gasteiger charge is -2.35. The van der Waals surface area contributed by atoms with Crippen LogP contribution in [0.15, 0.2) is 40.6 Å². The number of benzene rings is 1. The van der Waals surface area contributed by atoms with E-state index in [1.54, 1.807) is 23.2 Å². The number of aromatic nitrogens is 4. The Kier molecular flexibility index (Phi) is 4.66. The molecule has 3 aromatic heterocycles. The number of nitrogens with zero attached hydrogens (tertiary/aromatic N) is 4. The lowest BCUT2D eigenvalue weighted by atomic mass is 9.99. The fourth-order valence-electron chi connectivity index (χ4n) is 4.77. The van der Waals surface area contributed by atoms with Gasteiger partial charge in [-0.2, -0.15) is 9.47 Å². The van der Waals surface area contributed by atoms with Gasteiger partial charge >= 0.3 is 6.03 Å². The summed E-state index contributed by atoms with van der Waals surface area (Å²) in [4.78, 5) is 30.8. The van der Waals surface area contributed by atoms with Crippen molar-refractivity contribution < 1.29 is 9.18 Å². The molecule has 6 rings (SSSR count). The molecule has 2 aliphatic rings. The third-order valence-corrected chi connectivity index (χ3v) is 7.19. The average molecular weight is 483 g/mol. The van der Waals surface area contributed by atoms with Crippen LogP contribution in [0.2, 0.25) is 5.02 Å². The molecule has 2 aliphatic heterocycles. The summed E-state index contributed by atoms with van der Waals surface area (Å²) in [5.41, 5.74) is 3.87. The fourth-order valence-corrected chi connectivity index (χ4v) is 5.63. The van der Waals surface area contributed by atoms with Gasteiger partial charge in [0.2, 0.25) is 0 Å². The lowest BCUT2D eigenvalue weighted by Crippen LogP contribution is -2.45. The Morgan fingerprint density at radius 2 is 2.12 bits per heavy atom. The molecule has 0 unspecified atom stereocenters. The van der Waals surface area contributed by atoms with E-state index in [0.717, 1.165) is 23.9 Å². The highest BCUT2D eigenvalue weighted by Crippen LogP contribution is 2.42. The van der Waals surface area contributed by atoms with Gasteiger partial charge in [-0.1, -0.05) is 11.6 Å². The summed E-state index contributed by atoms with van der Waals surface area (Å²) >= 11 is 7.76. The molecule has 0 radical (unpaired) electrons. The number of urea groups is 1. The third kappa shape index (κ3) is 3.37. The van der Waals surface area contributed by atoms with Gasteiger partial charge in [0.25, 0.3) is 5.56 Å². The molecule has 11 heteroatoms. The highest BCUT2D eigenvalue weighted by molar-refractivity contribution is 7.04. The number of hydrogen-bond donors (Lipinski definition) is 2. The summed E-state index contributed by atoms with van der Waals surface area (Å²) in [7, 11) is 0. The van der Waals surface area contributed by atoms with E-state index in [2.05, 4.69) is 24.9 Å². The number of H-pyrrole nitrogens is 1. The van der Waals surface area contributed by atoms with E-state index in [4.69, 9.17) is 11.6 Å². The number of fused-ring (bicyclic) bond motifs is 5. The van der Waals surface area contributed by atoms with Crippen LogP contribution >= 0.6 is 23.1 Å². The SMILES string of the molecule is O=C(Nc1cc(Cl)c(-c2cnc3csnc3c2)cc1F)N1[C@H]2CC[C@@H]1c1n[nH]c(=O)cc1C2. The van der Waals surface area contributed by atoms with Crippen molar-refractivity contribution in [2.75, 3.05) is 5.32 Å². The molecule has 33 heavy (non-hydrogen) atoms. The summed E-state index contributed by atoms with van der Waals surface area (Å²) in [6.45, 7) is 0. The van der Waals surface area contributed by atoms with Crippen molar-refractivity contribution in [3.63, 3.8) is 0 Å². The minimum atomic E-state index is -0.603. The van der Waals surface area contributed by atoms with E-state index in [9.17, 15) is 9.59 Å². The van der Waals surface area contributed by atoms with Gasteiger partial charge in [-0.25, -0.2) is 14.3 Å². The maximum Gasteiger partial charge on any atom is 0.322 e. The van der Waals surface area contributed by atoms with Gasteiger partial charge in [0, 0.05) is 34.8 Å². The Morgan fingerprint density at radius 1 is 1.24 bits per heavy atom. The molecular formula is C22H16ClFN6O2S. The van der Waals surface area contributed by atoms with Gasteiger partial charge in [-0.15, -0.1) is 0 Å². The van der Waals surface area contributed by atoms with Gasteiger partial charge in [0.05, 0.1) is 22.4 Å². The van der Waals surface area contributed by atoms with Crippen LogP contribution in [0.3, 0.4) is 0 Å². The Hall–Kier alpha value is -3.37. The van der Waals surface area contributed by atoms with Gasteiger partial charge in [-0.05, 0) is 54.6 Å². The summed E-state index contributed by atoms with van der Waals surface area (Å²) in [6, 6.07) is 5.29. The number of anilines is 1. The molecule has 1 fully saturated rings. The molecule has 4 aromatic rings. The Balaban J connectivity index is 1.28. The lowest BCUT2D eigenvalue weighted by molar-refractivity contribution is 0.177. The minimum Gasteiger partial charge on any atom is -0.313 e. The quantitative estimate of drug-likeness (QED) is 0.437. The van der Waals surface area contributed by atoms with Crippen LogP contribution in [0, 0.1) is 5.82 Å². The second-order valence-electron chi connectivity index (χ2n) is 8.19. The van der Waals surface area contributed by atoms with Gasteiger partial charge < -0.3 is 10.2 Å². The average Bonchev–Trinajstić information content (AvgIpc) is 3.39. The number of carbonyl (C=O) groups excluding carboxylic acids is 1. The van der Waals surface area contributed by atoms with Gasteiger partial charge in [0.1, 0.15) is 16.9 Å². The van der Waals surface area contributed by atoms with Crippen molar-refractivity contribution in [2.45, 2.75) is 31.3 Å². The number of amides is 2. The molecule has 2 amide bonds. The van der Waals surface area contributed by atoms with Crippen molar-refractivity contribution in [1.29, 1.82) is 0 Å². The van der Waals surface area contributed by atoms with Crippen molar-refractivity contribution in [2.24, 2.45) is 0 Å². The highest BCUT2D eigenvalue weighted by Gasteiger charge is 2.44. The van der Waals surface area contributed by atoms with Crippen LogP contribution in [-0.4, -0.2) is 36.5 Å². The Bertz CT molecular complexity index is 1490. The van der Waals surface area contributed by atoms with Crippen LogP contribution in [0.1, 0.15) is 30.1 Å². The molecular weight excluding hydrogens is 467 g/mol. The maximum absolute atomic E-state index is 15.0. The van der Waals surface area contributed by atoms with Gasteiger partial charge in [0.15, 0.2) is 0 Å². The predicted molar refractivity (Wildman–Crippen MR) is 123 cm³/mol. The topological polar surface area (TPSA) is 104 Å². The van der Waals surface area contributed by atoms with E-state index in [-0.39, 0.29) is 28.4 Å². The summed E-state index contributed by atoms with van der Waals surface area (Å²) in [5.74, 6) is -0.603. The van der Waals surface area contributed by atoms with Crippen molar-refractivity contribution in [3.05, 3.63) is 68.3 Å². The standard InChI is InChI=1S/C22H16ClFN6O2S/c23-14-7-16(15(24)6-13(14)11-4-17-18(25-8-11)9-33-29-17)26-22(32)30-12-1-2-19(30)21-10(3-12)5-20(31)27-28-21/h4-9,12,19H,1-3H2,(H,26,32)(H,27,31)/t12-,19+/m0/s1. The first-order valence-electron chi connectivity index (χ1n) is 10.4. The molecule has 2 N–H and O–H groups in total. The molecule has 166 valence electrons. The van der Waals surface area contributed by atoms with Crippen LogP contribution in [-0.2, 0) is 6.42 Å². The number of nitrogens with one attached hydrogen (secondary N) is 2. The van der Waals surface area contributed by atoms with Crippen LogP contribution in [0.5, 0.6) is 0 Å². The second-order valence-corrected chi connectivity index (χ2v) is 9.22. The maximum atomic E-state index is 15.0. The Morgan fingerprint density at radius 3 is 3.00 bits per heavy atom. The fraction of sp³-hybridized carbons (Fsp3) is 0.227. The largest absolute Gasteiger partial charge is 0.322 e. The summed E-state index contributed by atoms with van der Waals surface area (Å²) < 4.78 is 19.3. The van der Waals surface area contributed by atoms with Crippen LogP contribution in [0.25, 0.3) is 22.2 Å². The van der Waals surface area contributed by atoms with Crippen molar-refractivity contribution >= 4 is 45.9 Å². The second kappa shape index (κ2) is 7.60. The third-order valence-electron chi connectivity index (χ3n) is 6.25. The molecule has 2 atom stereocenters. The number of carbonyl (C=O) groups is 1. The number of rotatable bonds is 2. The minimum absolute atomic E-state index is 0.00364. The number of pyridine rings is 1. The molecule has 1 aromatic carbocycles. The van der Waals surface area contributed by atoms with Crippen LogP contribution < -0.4 is 10.9 Å². The van der Waals surface area contributed by atoms with Crippen molar-refractivity contribution in [3.8, 4) is 11.1 Å². The first-order chi connectivity index (χ1) is 16.0. The zero-order valence-electron chi connectivity index (χ0n) is 17.0. The van der Waals surface area contributed by atoms with E-state index in [1.807, 2.05) is 5.38 Å². The molecule has 0 spiro atoms. The van der Waals surface area contributed by atoms with E-state index in [0.29, 0.717) is 28.8 Å². The molecule has 1 saturated heterocycles.